The van der Waals surface area contributed by atoms with Crippen LogP contribution in [0.2, 0.25) is 0 Å². The van der Waals surface area contributed by atoms with Crippen LogP contribution >= 0.6 is 0 Å². The first kappa shape index (κ1) is 12.7. The molecule has 0 radical (unpaired) electrons. The lowest BCUT2D eigenvalue weighted by molar-refractivity contribution is -0.384. The quantitative estimate of drug-likeness (QED) is 0.480. The second-order valence-electron chi connectivity index (χ2n) is 3.26. The molecule has 1 aromatic carbocycles. The van der Waals surface area contributed by atoms with Gasteiger partial charge < -0.3 is 9.84 Å². The van der Waals surface area contributed by atoms with E-state index in [1.165, 1.54) is 24.3 Å². The van der Waals surface area contributed by atoms with Gasteiger partial charge in [-0.3, -0.25) is 10.1 Å². The third-order valence-corrected chi connectivity index (χ3v) is 1.96. The number of aliphatic carboxylic acids is 1. The summed E-state index contributed by atoms with van der Waals surface area (Å²) in [6.07, 6.45) is 2.32. The summed E-state index contributed by atoms with van der Waals surface area (Å²) in [5, 5.41) is 18.8. The van der Waals surface area contributed by atoms with E-state index in [4.69, 9.17) is 9.84 Å². The smallest absolute Gasteiger partial charge is 0.328 e. The zero-order valence-electron chi connectivity index (χ0n) is 9.12. The summed E-state index contributed by atoms with van der Waals surface area (Å²) in [4.78, 5) is 20.2. The van der Waals surface area contributed by atoms with Crippen molar-refractivity contribution in [3.8, 4) is 5.75 Å². The monoisotopic (exact) mass is 237 g/mol. The SMILES string of the molecule is Cc1cc([N+](=O)[O-])ccc1OC/C=C/C(=O)O. The predicted molar refractivity (Wildman–Crippen MR) is 60.1 cm³/mol. The highest BCUT2D eigenvalue weighted by atomic mass is 16.6. The normalized spacial score (nSPS) is 10.4. The lowest BCUT2D eigenvalue weighted by Gasteiger charge is -2.06. The molecule has 0 aliphatic carbocycles. The van der Waals surface area contributed by atoms with Crippen molar-refractivity contribution in [1.29, 1.82) is 0 Å². The Hall–Kier alpha value is -2.37. The van der Waals surface area contributed by atoms with Crippen LogP contribution in [-0.4, -0.2) is 22.6 Å². The van der Waals surface area contributed by atoms with Gasteiger partial charge in [0.15, 0.2) is 0 Å². The number of hydrogen-bond donors (Lipinski definition) is 1. The standard InChI is InChI=1S/C11H11NO5/c1-8-7-9(12(15)16)4-5-10(8)17-6-2-3-11(13)14/h2-5,7H,6H2,1H3,(H,13,14)/b3-2+. The third kappa shape index (κ3) is 3.94. The van der Waals surface area contributed by atoms with E-state index in [2.05, 4.69) is 0 Å². The van der Waals surface area contributed by atoms with Gasteiger partial charge in [-0.25, -0.2) is 4.79 Å². The maximum atomic E-state index is 10.5. The molecule has 0 saturated carbocycles. The number of nitrogens with zero attached hydrogens (tertiary/aromatic N) is 1. The van der Waals surface area contributed by atoms with Gasteiger partial charge in [0, 0.05) is 18.2 Å². The molecule has 1 rings (SSSR count). The first-order valence-corrected chi connectivity index (χ1v) is 4.78. The molecular weight excluding hydrogens is 226 g/mol. The Morgan fingerprint density at radius 2 is 2.29 bits per heavy atom. The van der Waals surface area contributed by atoms with Crippen LogP contribution in [0.4, 0.5) is 5.69 Å². The molecule has 0 aliphatic rings. The lowest BCUT2D eigenvalue weighted by atomic mass is 10.2. The Kier molecular flexibility index (Phi) is 4.21. The van der Waals surface area contributed by atoms with E-state index < -0.39 is 10.9 Å². The number of carbonyl (C=O) groups is 1. The number of carboxylic acids is 1. The molecule has 0 aromatic heterocycles. The Balaban J connectivity index is 2.67. The minimum atomic E-state index is -1.05. The number of benzene rings is 1. The minimum absolute atomic E-state index is 0.00377. The maximum absolute atomic E-state index is 10.5. The molecule has 0 aliphatic heterocycles. The number of carboxylic acid groups (broad SMARTS) is 1. The first-order valence-electron chi connectivity index (χ1n) is 4.78. The molecule has 17 heavy (non-hydrogen) atoms. The molecule has 6 heteroatoms. The average molecular weight is 237 g/mol. The van der Waals surface area contributed by atoms with Crippen LogP contribution in [0.5, 0.6) is 5.75 Å². The Morgan fingerprint density at radius 3 is 2.82 bits per heavy atom. The van der Waals surface area contributed by atoms with Gasteiger partial charge in [0.05, 0.1) is 4.92 Å². The van der Waals surface area contributed by atoms with Gasteiger partial charge in [0.25, 0.3) is 5.69 Å². The Bertz CT molecular complexity index is 467. The number of nitro benzene ring substituents is 1. The van der Waals surface area contributed by atoms with Crippen molar-refractivity contribution < 1.29 is 19.6 Å². The van der Waals surface area contributed by atoms with Gasteiger partial charge >= 0.3 is 5.97 Å². The lowest BCUT2D eigenvalue weighted by Crippen LogP contribution is -1.98. The fourth-order valence-corrected chi connectivity index (χ4v) is 1.20. The van der Waals surface area contributed by atoms with Crippen LogP contribution in [0, 0.1) is 17.0 Å². The highest BCUT2D eigenvalue weighted by Crippen LogP contribution is 2.22. The van der Waals surface area contributed by atoms with Crippen molar-refractivity contribution in [3.05, 3.63) is 46.0 Å². The van der Waals surface area contributed by atoms with Crippen LogP contribution in [0.3, 0.4) is 0 Å². The molecule has 0 unspecified atom stereocenters. The van der Waals surface area contributed by atoms with E-state index in [-0.39, 0.29) is 12.3 Å². The van der Waals surface area contributed by atoms with Crippen molar-refractivity contribution in [2.75, 3.05) is 6.61 Å². The summed E-state index contributed by atoms with van der Waals surface area (Å²) in [6.45, 7) is 1.79. The zero-order chi connectivity index (χ0) is 12.8. The molecule has 0 saturated heterocycles. The van der Waals surface area contributed by atoms with E-state index in [1.54, 1.807) is 6.92 Å². The molecule has 6 nitrogen and oxygen atoms in total. The second-order valence-corrected chi connectivity index (χ2v) is 3.26. The number of rotatable bonds is 5. The molecule has 90 valence electrons. The summed E-state index contributed by atoms with van der Waals surface area (Å²) in [7, 11) is 0. The third-order valence-electron chi connectivity index (χ3n) is 1.96. The zero-order valence-corrected chi connectivity index (χ0v) is 9.12. The fourth-order valence-electron chi connectivity index (χ4n) is 1.20. The largest absolute Gasteiger partial charge is 0.489 e. The van der Waals surface area contributed by atoms with Crippen molar-refractivity contribution in [2.24, 2.45) is 0 Å². The molecule has 1 aromatic rings. The predicted octanol–water partition coefficient (Wildman–Crippen LogP) is 1.92. The summed E-state index contributed by atoms with van der Waals surface area (Å²) in [5.74, 6) is -0.556. The first-order chi connectivity index (χ1) is 8.00. The number of nitro groups is 1. The van der Waals surface area contributed by atoms with Gasteiger partial charge in [0.1, 0.15) is 12.4 Å². The van der Waals surface area contributed by atoms with Gasteiger partial charge in [-0.1, -0.05) is 0 Å². The van der Waals surface area contributed by atoms with Crippen molar-refractivity contribution in [3.63, 3.8) is 0 Å². The van der Waals surface area contributed by atoms with E-state index in [1.807, 2.05) is 0 Å². The Morgan fingerprint density at radius 1 is 1.59 bits per heavy atom. The molecular formula is C11H11NO5. The molecule has 0 heterocycles. The van der Waals surface area contributed by atoms with Crippen molar-refractivity contribution >= 4 is 11.7 Å². The van der Waals surface area contributed by atoms with Crippen molar-refractivity contribution in [2.45, 2.75) is 6.92 Å². The van der Waals surface area contributed by atoms with Gasteiger partial charge in [-0.2, -0.15) is 0 Å². The molecule has 0 amide bonds. The number of non-ortho nitro benzene ring substituents is 1. The topological polar surface area (TPSA) is 89.7 Å². The summed E-state index contributed by atoms with van der Waals surface area (Å²) >= 11 is 0. The fraction of sp³-hybridized carbons (Fsp3) is 0.182. The van der Waals surface area contributed by atoms with Crippen LogP contribution in [0.25, 0.3) is 0 Å². The Labute approximate surface area is 97.3 Å². The average Bonchev–Trinajstić information content (AvgIpc) is 2.25. The molecule has 1 N–H and O–H groups in total. The molecule has 0 fully saturated rings. The summed E-state index contributed by atoms with van der Waals surface area (Å²) in [6, 6.07) is 4.22. The van der Waals surface area contributed by atoms with Gasteiger partial charge in [-0.15, -0.1) is 0 Å². The summed E-state index contributed by atoms with van der Waals surface area (Å²) < 4.78 is 5.25. The molecule has 0 bridgehead atoms. The van der Waals surface area contributed by atoms with E-state index >= 15 is 0 Å². The van der Waals surface area contributed by atoms with Crippen LogP contribution in [-0.2, 0) is 4.79 Å². The highest BCUT2D eigenvalue weighted by Gasteiger charge is 2.08. The van der Waals surface area contributed by atoms with Gasteiger partial charge in [0.2, 0.25) is 0 Å². The van der Waals surface area contributed by atoms with Crippen LogP contribution in [0.1, 0.15) is 5.56 Å². The van der Waals surface area contributed by atoms with Crippen molar-refractivity contribution in [1.82, 2.24) is 0 Å². The molecule has 0 spiro atoms. The highest BCUT2D eigenvalue weighted by molar-refractivity contribution is 5.79. The maximum Gasteiger partial charge on any atom is 0.328 e. The van der Waals surface area contributed by atoms with Crippen LogP contribution in [0.15, 0.2) is 30.4 Å². The number of hydrogen-bond acceptors (Lipinski definition) is 4. The second kappa shape index (κ2) is 5.64. The van der Waals surface area contributed by atoms with E-state index in [0.29, 0.717) is 11.3 Å². The van der Waals surface area contributed by atoms with E-state index in [0.717, 1.165) is 6.08 Å². The van der Waals surface area contributed by atoms with Gasteiger partial charge in [-0.05, 0) is 24.6 Å². The van der Waals surface area contributed by atoms with E-state index in [9.17, 15) is 14.9 Å². The minimum Gasteiger partial charge on any atom is -0.489 e. The number of ether oxygens (including phenoxy) is 1. The molecule has 0 atom stereocenters. The number of aryl methyl sites for hydroxylation is 1. The summed E-state index contributed by atoms with van der Waals surface area (Å²) in [5.41, 5.74) is 0.624. The van der Waals surface area contributed by atoms with Crippen LogP contribution < -0.4 is 4.74 Å².